The third kappa shape index (κ3) is 4.98. The second-order valence-corrected chi connectivity index (χ2v) is 8.23. The first kappa shape index (κ1) is 17.3. The number of carbonyl (C=O) groups excluding carboxylic acids is 1. The first-order valence-corrected chi connectivity index (χ1v) is 10.0. The Labute approximate surface area is 149 Å². The van der Waals surface area contributed by atoms with Crippen molar-refractivity contribution in [1.29, 1.82) is 0 Å². The van der Waals surface area contributed by atoms with Crippen LogP contribution in [0.3, 0.4) is 0 Å². The molecule has 8 heteroatoms. The molecule has 1 aliphatic carbocycles. The molecule has 6 nitrogen and oxygen atoms in total. The van der Waals surface area contributed by atoms with E-state index in [-0.39, 0.29) is 5.91 Å². The molecule has 0 radical (unpaired) electrons. The fourth-order valence-electron chi connectivity index (χ4n) is 2.82. The van der Waals surface area contributed by atoms with E-state index in [0.717, 1.165) is 21.7 Å². The molecule has 0 spiro atoms. The van der Waals surface area contributed by atoms with Crippen molar-refractivity contribution in [3.05, 3.63) is 24.2 Å². The van der Waals surface area contributed by atoms with Crippen molar-refractivity contribution in [3.63, 3.8) is 0 Å². The van der Waals surface area contributed by atoms with Gasteiger partial charge in [0.2, 0.25) is 11.0 Å². The van der Waals surface area contributed by atoms with E-state index in [0.29, 0.717) is 24.3 Å². The molecule has 24 heavy (non-hydrogen) atoms. The maximum absolute atomic E-state index is 12.1. The number of nitrogens with one attached hydrogen (secondary N) is 2. The molecule has 0 aliphatic heterocycles. The predicted molar refractivity (Wildman–Crippen MR) is 96.2 cm³/mol. The van der Waals surface area contributed by atoms with E-state index in [1.54, 1.807) is 6.26 Å². The van der Waals surface area contributed by atoms with Crippen molar-refractivity contribution in [2.24, 2.45) is 5.92 Å². The van der Waals surface area contributed by atoms with Crippen molar-refractivity contribution in [2.75, 3.05) is 11.1 Å². The van der Waals surface area contributed by atoms with Gasteiger partial charge in [0.1, 0.15) is 5.76 Å². The van der Waals surface area contributed by atoms with Crippen LogP contribution in [0.15, 0.2) is 27.2 Å². The number of furan rings is 1. The summed E-state index contributed by atoms with van der Waals surface area (Å²) in [5.74, 6) is 1.89. The van der Waals surface area contributed by atoms with E-state index in [4.69, 9.17) is 4.42 Å². The summed E-state index contributed by atoms with van der Waals surface area (Å²) >= 11 is 2.88. The zero-order valence-corrected chi connectivity index (χ0v) is 15.3. The predicted octanol–water partition coefficient (Wildman–Crippen LogP) is 3.53. The number of hydrogen-bond donors (Lipinski definition) is 2. The van der Waals surface area contributed by atoms with Gasteiger partial charge in [-0.25, -0.2) is 0 Å². The fourth-order valence-corrected chi connectivity index (χ4v) is 4.38. The van der Waals surface area contributed by atoms with Crippen LogP contribution in [0.5, 0.6) is 0 Å². The van der Waals surface area contributed by atoms with Crippen LogP contribution in [0.4, 0.5) is 5.13 Å². The summed E-state index contributed by atoms with van der Waals surface area (Å²) < 4.78 is 6.05. The largest absolute Gasteiger partial charge is 0.467 e. The van der Waals surface area contributed by atoms with Gasteiger partial charge in [0.15, 0.2) is 4.34 Å². The number of anilines is 1. The van der Waals surface area contributed by atoms with Crippen LogP contribution in [-0.2, 0) is 11.3 Å². The average Bonchev–Trinajstić information content (AvgIpc) is 3.25. The summed E-state index contributed by atoms with van der Waals surface area (Å²) in [4.78, 5) is 12.1. The van der Waals surface area contributed by atoms with Gasteiger partial charge in [0.05, 0.1) is 18.6 Å². The maximum atomic E-state index is 12.1. The van der Waals surface area contributed by atoms with E-state index in [9.17, 15) is 4.79 Å². The topological polar surface area (TPSA) is 80.0 Å². The highest BCUT2D eigenvalue weighted by Crippen LogP contribution is 2.27. The molecule has 130 valence electrons. The zero-order chi connectivity index (χ0) is 16.8. The quantitative estimate of drug-likeness (QED) is 0.730. The molecule has 1 amide bonds. The highest BCUT2D eigenvalue weighted by Gasteiger charge is 2.22. The summed E-state index contributed by atoms with van der Waals surface area (Å²) in [6.07, 6.45) is 6.44. The Morgan fingerprint density at radius 1 is 1.42 bits per heavy atom. The second kappa shape index (κ2) is 8.53. The van der Waals surface area contributed by atoms with Crippen LogP contribution >= 0.6 is 23.1 Å². The van der Waals surface area contributed by atoms with Gasteiger partial charge in [0.25, 0.3) is 0 Å². The minimum atomic E-state index is 0.0824. The molecule has 2 aromatic heterocycles. The number of aromatic nitrogens is 2. The molecule has 0 bridgehead atoms. The fraction of sp³-hybridized carbons (Fsp3) is 0.562. The van der Waals surface area contributed by atoms with Gasteiger partial charge in [-0.2, -0.15) is 0 Å². The van der Waals surface area contributed by atoms with Crippen molar-refractivity contribution < 1.29 is 9.21 Å². The Morgan fingerprint density at radius 2 is 2.29 bits per heavy atom. The Kier molecular flexibility index (Phi) is 6.14. The van der Waals surface area contributed by atoms with Crippen LogP contribution in [0, 0.1) is 5.92 Å². The maximum Gasteiger partial charge on any atom is 0.230 e. The summed E-state index contributed by atoms with van der Waals surface area (Å²) in [7, 11) is 0. The van der Waals surface area contributed by atoms with E-state index in [1.807, 2.05) is 12.1 Å². The van der Waals surface area contributed by atoms with Gasteiger partial charge >= 0.3 is 0 Å². The lowest BCUT2D eigenvalue weighted by atomic mass is 9.86. The molecule has 1 saturated carbocycles. The van der Waals surface area contributed by atoms with Crippen LogP contribution in [0.2, 0.25) is 0 Å². The lowest BCUT2D eigenvalue weighted by molar-refractivity contribution is -0.119. The molecule has 1 fully saturated rings. The van der Waals surface area contributed by atoms with Crippen molar-refractivity contribution in [2.45, 2.75) is 49.5 Å². The van der Waals surface area contributed by atoms with Crippen molar-refractivity contribution in [3.8, 4) is 0 Å². The number of nitrogens with zero attached hydrogens (tertiary/aromatic N) is 2. The highest BCUT2D eigenvalue weighted by atomic mass is 32.2. The zero-order valence-electron chi connectivity index (χ0n) is 13.7. The normalized spacial score (nSPS) is 20.7. The highest BCUT2D eigenvalue weighted by molar-refractivity contribution is 8.01. The molecule has 0 unspecified atom stereocenters. The molecule has 1 aliphatic rings. The molecule has 3 rings (SSSR count). The average molecular weight is 367 g/mol. The van der Waals surface area contributed by atoms with Crippen LogP contribution in [-0.4, -0.2) is 27.9 Å². The number of amides is 1. The first-order chi connectivity index (χ1) is 11.7. The number of carbonyl (C=O) groups is 1. The number of rotatable bonds is 7. The second-order valence-electron chi connectivity index (χ2n) is 6.03. The molecule has 2 atom stereocenters. The van der Waals surface area contributed by atoms with Gasteiger partial charge in [-0.3, -0.25) is 4.79 Å². The Bertz CT molecular complexity index is 644. The number of thioether (sulfide) groups is 1. The lowest BCUT2D eigenvalue weighted by Crippen LogP contribution is -2.41. The van der Waals surface area contributed by atoms with E-state index >= 15 is 0 Å². The third-order valence-corrected chi connectivity index (χ3v) is 6.20. The molecular formula is C16H22N4O2S2. The van der Waals surface area contributed by atoms with Crippen LogP contribution in [0.25, 0.3) is 0 Å². The van der Waals surface area contributed by atoms with Gasteiger partial charge < -0.3 is 15.1 Å². The molecule has 2 aromatic rings. The summed E-state index contributed by atoms with van der Waals surface area (Å²) in [5, 5.41) is 15.2. The summed E-state index contributed by atoms with van der Waals surface area (Å²) in [5.41, 5.74) is 0. The first-order valence-electron chi connectivity index (χ1n) is 8.22. The van der Waals surface area contributed by atoms with E-state index in [1.165, 1.54) is 42.4 Å². The minimum Gasteiger partial charge on any atom is -0.467 e. The van der Waals surface area contributed by atoms with Gasteiger partial charge in [0, 0.05) is 6.04 Å². The van der Waals surface area contributed by atoms with Gasteiger partial charge in [-0.15, -0.1) is 10.2 Å². The molecule has 2 N–H and O–H groups in total. The van der Waals surface area contributed by atoms with Crippen molar-refractivity contribution >= 4 is 34.1 Å². The number of hydrogen-bond acceptors (Lipinski definition) is 7. The summed E-state index contributed by atoms with van der Waals surface area (Å²) in [6.45, 7) is 2.80. The molecule has 0 aromatic carbocycles. The van der Waals surface area contributed by atoms with E-state index < -0.39 is 0 Å². The SMILES string of the molecule is C[C@H]1CCCC[C@H]1NC(=O)CSc1nnc(NCc2ccco2)s1. The summed E-state index contributed by atoms with van der Waals surface area (Å²) in [6, 6.07) is 4.08. The van der Waals surface area contributed by atoms with E-state index in [2.05, 4.69) is 27.8 Å². The Morgan fingerprint density at radius 3 is 3.08 bits per heavy atom. The van der Waals surface area contributed by atoms with Crippen molar-refractivity contribution in [1.82, 2.24) is 15.5 Å². The Hall–Kier alpha value is -1.54. The minimum absolute atomic E-state index is 0.0824. The molecular weight excluding hydrogens is 344 g/mol. The third-order valence-electron chi connectivity index (χ3n) is 4.19. The van der Waals surface area contributed by atoms with Crippen LogP contribution in [0.1, 0.15) is 38.4 Å². The lowest BCUT2D eigenvalue weighted by Gasteiger charge is -2.29. The van der Waals surface area contributed by atoms with Gasteiger partial charge in [-0.1, -0.05) is 42.9 Å². The monoisotopic (exact) mass is 366 g/mol. The molecule has 2 heterocycles. The standard InChI is InChI=1S/C16H22N4O2S2/c1-11-5-2-3-7-13(11)18-14(21)10-23-16-20-19-15(24-16)17-9-12-6-4-8-22-12/h4,6,8,11,13H,2-3,5,7,9-10H2,1H3,(H,17,19)(H,18,21)/t11-,13+/m0/s1. The van der Waals surface area contributed by atoms with Crippen LogP contribution < -0.4 is 10.6 Å². The smallest absolute Gasteiger partial charge is 0.230 e. The Balaban J connectivity index is 1.40. The molecule has 0 saturated heterocycles. The van der Waals surface area contributed by atoms with Gasteiger partial charge in [-0.05, 0) is 30.9 Å².